The van der Waals surface area contributed by atoms with E-state index in [2.05, 4.69) is 0 Å². The van der Waals surface area contributed by atoms with Crippen molar-refractivity contribution >= 4 is 34.8 Å². The van der Waals surface area contributed by atoms with Crippen molar-refractivity contribution in [1.29, 1.82) is 0 Å². The molecule has 32 heavy (non-hydrogen) atoms. The Morgan fingerprint density at radius 2 is 1.78 bits per heavy atom. The normalized spacial score (nSPS) is 18.4. The largest absolute Gasteiger partial charge is 0.334 e. The van der Waals surface area contributed by atoms with Gasteiger partial charge in [0.1, 0.15) is 5.92 Å². The first-order valence-corrected chi connectivity index (χ1v) is 10.9. The lowest BCUT2D eigenvalue weighted by Crippen LogP contribution is -3.12. The van der Waals surface area contributed by atoms with Crippen LogP contribution in [0.3, 0.4) is 0 Å². The Balaban J connectivity index is 2.05. The summed E-state index contributed by atoms with van der Waals surface area (Å²) in [5, 5.41) is 11.8. The predicted octanol–water partition coefficient (Wildman–Crippen LogP) is 2.12. The Hall–Kier alpha value is -3.10. The number of amides is 1. The summed E-state index contributed by atoms with van der Waals surface area (Å²) in [5.74, 6) is -3.32. The Labute approximate surface area is 190 Å². The van der Waals surface area contributed by atoms with Gasteiger partial charge in [-0.3, -0.25) is 24.5 Å². The molecule has 9 heteroatoms. The minimum absolute atomic E-state index is 0.165. The van der Waals surface area contributed by atoms with Crippen molar-refractivity contribution in [2.24, 2.45) is 5.92 Å². The number of carbonyl (C=O) groups is 3. The number of nitro benzene ring substituents is 1. The van der Waals surface area contributed by atoms with Gasteiger partial charge in [0.15, 0.2) is 5.78 Å². The van der Waals surface area contributed by atoms with Gasteiger partial charge in [0.25, 0.3) is 11.6 Å². The van der Waals surface area contributed by atoms with Gasteiger partial charge in [-0.05, 0) is 43.7 Å². The smallest absolute Gasteiger partial charge is 0.291 e. The van der Waals surface area contributed by atoms with Crippen molar-refractivity contribution in [3.8, 4) is 0 Å². The topological polar surface area (TPSA) is 102 Å². The highest BCUT2D eigenvalue weighted by Crippen LogP contribution is 2.39. The third-order valence-electron chi connectivity index (χ3n) is 5.95. The molecule has 1 amide bonds. The van der Waals surface area contributed by atoms with Crippen LogP contribution in [0.15, 0.2) is 48.5 Å². The summed E-state index contributed by atoms with van der Waals surface area (Å²) in [6, 6.07) is 11.0. The third-order valence-corrected chi connectivity index (χ3v) is 6.20. The fourth-order valence-corrected chi connectivity index (χ4v) is 4.22. The van der Waals surface area contributed by atoms with Crippen LogP contribution in [0.25, 0.3) is 0 Å². The molecular weight excluding hydrogens is 434 g/mol. The zero-order valence-electron chi connectivity index (χ0n) is 17.9. The molecule has 1 aliphatic heterocycles. The number of nitro groups is 1. The molecule has 3 rings (SSSR count). The summed E-state index contributed by atoms with van der Waals surface area (Å²) < 4.78 is 0. The van der Waals surface area contributed by atoms with Crippen LogP contribution in [0.4, 0.5) is 5.69 Å². The summed E-state index contributed by atoms with van der Waals surface area (Å²) in [4.78, 5) is 52.7. The minimum atomic E-state index is -1.28. The summed E-state index contributed by atoms with van der Waals surface area (Å²) >= 11 is 5.91. The number of ketones is 2. The fourth-order valence-electron chi connectivity index (χ4n) is 4.10. The van der Waals surface area contributed by atoms with E-state index in [0.29, 0.717) is 17.1 Å². The first kappa shape index (κ1) is 23.6. The standard InChI is InChI=1S/C23H24ClN3O5/c1-3-25(4-2)12-13-26-20(16-6-5-7-18(14-16)27(31)32)19(22(29)23(26)30)21(28)15-8-10-17(24)11-9-15/h5-11,14,19-20H,3-4,12-13H2,1-2H3/p+1. The maximum Gasteiger partial charge on any atom is 0.291 e. The Kier molecular flexibility index (Phi) is 7.37. The summed E-state index contributed by atoms with van der Waals surface area (Å²) in [6.45, 7) is 6.61. The van der Waals surface area contributed by atoms with E-state index < -0.39 is 34.4 Å². The Bertz CT molecular complexity index is 1040. The van der Waals surface area contributed by atoms with E-state index in [0.717, 1.165) is 13.1 Å². The van der Waals surface area contributed by atoms with Crippen LogP contribution >= 0.6 is 11.6 Å². The van der Waals surface area contributed by atoms with Crippen molar-refractivity contribution in [1.82, 2.24) is 4.90 Å². The molecule has 2 aromatic carbocycles. The highest BCUT2D eigenvalue weighted by molar-refractivity contribution is 6.44. The average molecular weight is 459 g/mol. The molecule has 0 spiro atoms. The zero-order chi connectivity index (χ0) is 23.4. The van der Waals surface area contributed by atoms with Crippen molar-refractivity contribution < 1.29 is 24.2 Å². The van der Waals surface area contributed by atoms with Gasteiger partial charge in [-0.15, -0.1) is 0 Å². The highest BCUT2D eigenvalue weighted by atomic mass is 35.5. The second-order valence-electron chi connectivity index (χ2n) is 7.72. The van der Waals surface area contributed by atoms with E-state index in [1.807, 2.05) is 13.8 Å². The van der Waals surface area contributed by atoms with Crippen LogP contribution in [0.2, 0.25) is 5.02 Å². The molecule has 1 N–H and O–H groups in total. The van der Waals surface area contributed by atoms with E-state index >= 15 is 0 Å². The average Bonchev–Trinajstić information content (AvgIpc) is 3.04. The van der Waals surface area contributed by atoms with Gasteiger partial charge in [-0.25, -0.2) is 0 Å². The lowest BCUT2D eigenvalue weighted by Gasteiger charge is -2.28. The van der Waals surface area contributed by atoms with Gasteiger partial charge >= 0.3 is 0 Å². The van der Waals surface area contributed by atoms with Gasteiger partial charge < -0.3 is 9.80 Å². The first-order valence-electron chi connectivity index (χ1n) is 10.5. The van der Waals surface area contributed by atoms with Crippen LogP contribution < -0.4 is 4.90 Å². The van der Waals surface area contributed by atoms with E-state index in [-0.39, 0.29) is 17.8 Å². The molecule has 0 saturated carbocycles. The minimum Gasteiger partial charge on any atom is -0.334 e. The number of hydrogen-bond donors (Lipinski definition) is 1. The molecule has 168 valence electrons. The maximum atomic E-state index is 13.3. The number of hydrogen-bond acceptors (Lipinski definition) is 5. The number of likely N-dealkylation sites (N-methyl/N-ethyl adjacent to an activating group) is 1. The highest BCUT2D eigenvalue weighted by Gasteiger charge is 2.51. The number of quaternary nitrogens is 1. The lowest BCUT2D eigenvalue weighted by molar-refractivity contribution is -0.895. The number of benzene rings is 2. The number of nitrogens with zero attached hydrogens (tertiary/aromatic N) is 2. The first-order chi connectivity index (χ1) is 15.3. The SMILES string of the molecule is CC[NH+](CC)CCN1C(=O)C(=O)C(C(=O)c2ccc(Cl)cc2)C1c1cccc([N+](=O)[O-])c1. The molecule has 0 aromatic heterocycles. The van der Waals surface area contributed by atoms with Crippen LogP contribution in [0, 0.1) is 16.0 Å². The Morgan fingerprint density at radius 3 is 2.38 bits per heavy atom. The van der Waals surface area contributed by atoms with E-state index in [1.165, 1.54) is 40.1 Å². The number of Topliss-reactive ketones (excluding diaryl/α,β-unsaturated/α-hetero) is 2. The number of carbonyl (C=O) groups excluding carboxylic acids is 3. The van der Waals surface area contributed by atoms with Gasteiger partial charge in [0, 0.05) is 22.7 Å². The van der Waals surface area contributed by atoms with Gasteiger partial charge in [-0.1, -0.05) is 23.7 Å². The fraction of sp³-hybridized carbons (Fsp3) is 0.348. The quantitative estimate of drug-likeness (QED) is 0.204. The van der Waals surface area contributed by atoms with E-state index in [4.69, 9.17) is 11.6 Å². The molecule has 1 saturated heterocycles. The van der Waals surface area contributed by atoms with Gasteiger partial charge in [0.05, 0.1) is 37.1 Å². The number of nitrogens with one attached hydrogen (secondary N) is 1. The van der Waals surface area contributed by atoms with Crippen molar-refractivity contribution in [3.63, 3.8) is 0 Å². The molecule has 2 unspecified atom stereocenters. The van der Waals surface area contributed by atoms with Crippen molar-refractivity contribution in [2.75, 3.05) is 26.2 Å². The van der Waals surface area contributed by atoms with E-state index in [9.17, 15) is 24.5 Å². The van der Waals surface area contributed by atoms with Crippen LogP contribution in [-0.2, 0) is 9.59 Å². The molecule has 8 nitrogen and oxygen atoms in total. The molecule has 0 bridgehead atoms. The maximum absolute atomic E-state index is 13.3. The summed E-state index contributed by atoms with van der Waals surface area (Å²) in [6.07, 6.45) is 0. The molecule has 0 radical (unpaired) electrons. The third kappa shape index (κ3) is 4.71. The number of non-ortho nitro benzene ring substituents is 1. The molecule has 1 heterocycles. The molecule has 0 aliphatic carbocycles. The second kappa shape index (κ2) is 10.0. The van der Waals surface area contributed by atoms with Crippen LogP contribution in [0.1, 0.15) is 35.8 Å². The number of likely N-dealkylation sites (tertiary alicyclic amines) is 1. The van der Waals surface area contributed by atoms with Crippen molar-refractivity contribution in [3.05, 3.63) is 74.8 Å². The number of rotatable bonds is 9. The molecule has 1 aliphatic rings. The zero-order valence-corrected chi connectivity index (χ0v) is 18.7. The summed E-state index contributed by atoms with van der Waals surface area (Å²) in [7, 11) is 0. The van der Waals surface area contributed by atoms with Gasteiger partial charge in [-0.2, -0.15) is 0 Å². The summed E-state index contributed by atoms with van der Waals surface area (Å²) in [5.41, 5.74) is 0.480. The Morgan fingerprint density at radius 1 is 1.12 bits per heavy atom. The van der Waals surface area contributed by atoms with Crippen molar-refractivity contribution in [2.45, 2.75) is 19.9 Å². The lowest BCUT2D eigenvalue weighted by atomic mass is 9.86. The molecule has 1 fully saturated rings. The number of halogens is 1. The monoisotopic (exact) mass is 458 g/mol. The van der Waals surface area contributed by atoms with E-state index in [1.54, 1.807) is 18.2 Å². The molecule has 2 aromatic rings. The molecule has 2 atom stereocenters. The van der Waals surface area contributed by atoms with Gasteiger partial charge in [0.2, 0.25) is 5.78 Å². The second-order valence-corrected chi connectivity index (χ2v) is 8.15. The van der Waals surface area contributed by atoms with Crippen LogP contribution in [-0.4, -0.2) is 53.5 Å². The predicted molar refractivity (Wildman–Crippen MR) is 119 cm³/mol. The van der Waals surface area contributed by atoms with Crippen LogP contribution in [0.5, 0.6) is 0 Å². The molecular formula is C23H25ClN3O5+.